The number of nitrogens with two attached hydrogens (primary N) is 1. The second-order valence-electron chi connectivity index (χ2n) is 2.89. The third-order valence-electron chi connectivity index (χ3n) is 1.97. The van der Waals surface area contributed by atoms with Crippen molar-refractivity contribution in [2.45, 2.75) is 0 Å². The maximum Gasteiger partial charge on any atom is 0.187 e. The molecule has 0 spiro atoms. The van der Waals surface area contributed by atoms with Gasteiger partial charge in [0.15, 0.2) is 17.5 Å². The Labute approximate surface area is 87.5 Å². The minimum Gasteiger partial charge on any atom is -0.394 e. The van der Waals surface area contributed by atoms with Crippen molar-refractivity contribution in [3.63, 3.8) is 0 Å². The zero-order valence-corrected chi connectivity index (χ0v) is 7.95. The molecule has 2 N–H and O–H groups in total. The molecule has 2 nitrogen and oxygen atoms in total. The number of halogens is 4. The van der Waals surface area contributed by atoms with Gasteiger partial charge in [-0.05, 0) is 12.1 Å². The summed E-state index contributed by atoms with van der Waals surface area (Å²) < 4.78 is 39.7. The molecule has 1 aromatic heterocycles. The molecule has 0 amide bonds. The molecule has 15 heavy (non-hydrogen) atoms. The van der Waals surface area contributed by atoms with Crippen molar-refractivity contribution in [2.75, 3.05) is 5.73 Å². The van der Waals surface area contributed by atoms with Crippen LogP contribution < -0.4 is 5.73 Å². The molecule has 0 unspecified atom stereocenters. The summed E-state index contributed by atoms with van der Waals surface area (Å²) in [4.78, 5) is 3.49. The Bertz CT molecular complexity index is 557. The Morgan fingerprint density at radius 3 is 2.40 bits per heavy atom. The predicted octanol–water partition coefficient (Wildman–Crippen LogP) is 2.89. The van der Waals surface area contributed by atoms with Gasteiger partial charge in [0, 0.05) is 5.39 Å². The molecular weight excluding hydrogens is 229 g/mol. The molecule has 0 aliphatic heterocycles. The van der Waals surface area contributed by atoms with Gasteiger partial charge in [0.05, 0.1) is 0 Å². The molecule has 0 aliphatic rings. The van der Waals surface area contributed by atoms with E-state index in [0.717, 1.165) is 0 Å². The zero-order valence-electron chi connectivity index (χ0n) is 7.19. The van der Waals surface area contributed by atoms with E-state index in [1.807, 2.05) is 0 Å². The monoisotopic (exact) mass is 232 g/mol. The smallest absolute Gasteiger partial charge is 0.187 e. The summed E-state index contributed by atoms with van der Waals surface area (Å²) in [7, 11) is 0. The van der Waals surface area contributed by atoms with E-state index in [1.165, 1.54) is 12.1 Å². The van der Waals surface area contributed by atoms with Crippen LogP contribution >= 0.6 is 11.6 Å². The Balaban J connectivity index is 3.00. The number of anilines is 1. The normalized spacial score (nSPS) is 10.9. The lowest BCUT2D eigenvalue weighted by molar-refractivity contribution is 0.509. The van der Waals surface area contributed by atoms with Crippen LogP contribution in [0.4, 0.5) is 18.9 Å². The number of fused-ring (bicyclic) bond motifs is 1. The fourth-order valence-corrected chi connectivity index (χ4v) is 1.39. The Morgan fingerprint density at radius 1 is 1.07 bits per heavy atom. The van der Waals surface area contributed by atoms with E-state index in [4.69, 9.17) is 17.3 Å². The molecule has 0 saturated carbocycles. The van der Waals surface area contributed by atoms with Gasteiger partial charge < -0.3 is 5.73 Å². The topological polar surface area (TPSA) is 38.9 Å². The first kappa shape index (κ1) is 10.0. The van der Waals surface area contributed by atoms with Gasteiger partial charge in [0.1, 0.15) is 16.4 Å². The lowest BCUT2D eigenvalue weighted by Gasteiger charge is -2.05. The lowest BCUT2D eigenvalue weighted by Crippen LogP contribution is -2.01. The second-order valence-corrected chi connectivity index (χ2v) is 3.27. The predicted molar refractivity (Wildman–Crippen MR) is 51.0 cm³/mol. The van der Waals surface area contributed by atoms with Crippen LogP contribution in [0.15, 0.2) is 12.1 Å². The standard InChI is InChI=1S/C9H4ClF3N2/c10-4-2-1-3-5(11)8(14)6(12)7(13)9(3)15-4/h1-2H,14H2. The Hall–Kier alpha value is -1.49. The van der Waals surface area contributed by atoms with Crippen molar-refractivity contribution in [3.05, 3.63) is 34.7 Å². The van der Waals surface area contributed by atoms with Crippen LogP contribution in [-0.4, -0.2) is 4.98 Å². The molecule has 0 atom stereocenters. The molecule has 2 aromatic rings. The van der Waals surface area contributed by atoms with Crippen LogP contribution in [0.5, 0.6) is 0 Å². The third kappa shape index (κ3) is 1.39. The van der Waals surface area contributed by atoms with Gasteiger partial charge in [-0.2, -0.15) is 0 Å². The first-order chi connectivity index (χ1) is 7.02. The van der Waals surface area contributed by atoms with Crippen LogP contribution in [-0.2, 0) is 0 Å². The SMILES string of the molecule is Nc1c(F)c(F)c2nc(Cl)ccc2c1F. The van der Waals surface area contributed by atoms with Crippen LogP contribution in [0.1, 0.15) is 0 Å². The fourth-order valence-electron chi connectivity index (χ4n) is 1.24. The molecular formula is C9H4ClF3N2. The molecule has 0 fully saturated rings. The van der Waals surface area contributed by atoms with Crippen LogP contribution in [0.3, 0.4) is 0 Å². The number of hydrogen-bond donors (Lipinski definition) is 1. The minimum absolute atomic E-state index is 0.0510. The van der Waals surface area contributed by atoms with Gasteiger partial charge >= 0.3 is 0 Å². The molecule has 78 valence electrons. The number of nitrogen functional groups attached to an aromatic ring is 1. The number of aromatic nitrogens is 1. The lowest BCUT2D eigenvalue weighted by atomic mass is 10.1. The van der Waals surface area contributed by atoms with Crippen molar-refractivity contribution < 1.29 is 13.2 Å². The molecule has 0 radical (unpaired) electrons. The van der Waals surface area contributed by atoms with Crippen LogP contribution in [0, 0.1) is 17.5 Å². The maximum absolute atomic E-state index is 13.4. The van der Waals surface area contributed by atoms with Crippen molar-refractivity contribution in [2.24, 2.45) is 0 Å². The molecule has 6 heteroatoms. The van der Waals surface area contributed by atoms with E-state index >= 15 is 0 Å². The number of benzene rings is 1. The maximum atomic E-state index is 13.4. The highest BCUT2D eigenvalue weighted by Gasteiger charge is 2.18. The number of rotatable bonds is 0. The summed E-state index contributed by atoms with van der Waals surface area (Å²) in [6.45, 7) is 0. The first-order valence-electron chi connectivity index (χ1n) is 3.90. The van der Waals surface area contributed by atoms with Gasteiger partial charge in [-0.3, -0.25) is 0 Å². The summed E-state index contributed by atoms with van der Waals surface area (Å²) in [6.07, 6.45) is 0. The van der Waals surface area contributed by atoms with E-state index in [2.05, 4.69) is 4.98 Å². The second kappa shape index (κ2) is 3.27. The van der Waals surface area contributed by atoms with Gasteiger partial charge in [0.2, 0.25) is 0 Å². The van der Waals surface area contributed by atoms with E-state index in [1.54, 1.807) is 0 Å². The summed E-state index contributed by atoms with van der Waals surface area (Å²) in [5, 5.41) is -0.249. The molecule has 0 aliphatic carbocycles. The van der Waals surface area contributed by atoms with Gasteiger partial charge in [0.25, 0.3) is 0 Å². The molecule has 0 bridgehead atoms. The fraction of sp³-hybridized carbons (Fsp3) is 0. The van der Waals surface area contributed by atoms with Crippen molar-refractivity contribution >= 4 is 28.2 Å². The largest absolute Gasteiger partial charge is 0.394 e. The van der Waals surface area contributed by atoms with E-state index in [-0.39, 0.29) is 10.5 Å². The molecule has 0 saturated heterocycles. The first-order valence-corrected chi connectivity index (χ1v) is 4.28. The van der Waals surface area contributed by atoms with Crippen LogP contribution in [0.2, 0.25) is 5.15 Å². The number of pyridine rings is 1. The summed E-state index contributed by atoms with van der Waals surface area (Å²) >= 11 is 5.48. The van der Waals surface area contributed by atoms with Crippen molar-refractivity contribution in [3.8, 4) is 0 Å². The zero-order chi connectivity index (χ0) is 11.2. The highest BCUT2D eigenvalue weighted by Crippen LogP contribution is 2.28. The van der Waals surface area contributed by atoms with Gasteiger partial charge in [-0.25, -0.2) is 18.2 Å². The minimum atomic E-state index is -1.45. The quantitative estimate of drug-likeness (QED) is 0.431. The molecule has 1 aromatic carbocycles. The third-order valence-corrected chi connectivity index (χ3v) is 2.18. The summed E-state index contributed by atoms with van der Waals surface area (Å²) in [5.74, 6) is -3.78. The average Bonchev–Trinajstić information content (AvgIpc) is 2.23. The summed E-state index contributed by atoms with van der Waals surface area (Å²) in [6, 6.07) is 2.46. The average molecular weight is 233 g/mol. The number of nitrogens with zero attached hydrogens (tertiary/aromatic N) is 1. The van der Waals surface area contributed by atoms with Crippen molar-refractivity contribution in [1.29, 1.82) is 0 Å². The van der Waals surface area contributed by atoms with Gasteiger partial charge in [-0.1, -0.05) is 11.6 Å². The Morgan fingerprint density at radius 2 is 1.73 bits per heavy atom. The molecule has 1 heterocycles. The highest BCUT2D eigenvalue weighted by molar-refractivity contribution is 6.29. The van der Waals surface area contributed by atoms with E-state index in [0.29, 0.717) is 0 Å². The van der Waals surface area contributed by atoms with E-state index < -0.39 is 28.7 Å². The van der Waals surface area contributed by atoms with E-state index in [9.17, 15) is 13.2 Å². The summed E-state index contributed by atoms with van der Waals surface area (Å²) in [5.41, 5.74) is 3.71. The van der Waals surface area contributed by atoms with Crippen LogP contribution in [0.25, 0.3) is 10.9 Å². The number of hydrogen-bond acceptors (Lipinski definition) is 2. The molecule has 2 rings (SSSR count). The highest BCUT2D eigenvalue weighted by atomic mass is 35.5. The van der Waals surface area contributed by atoms with Crippen molar-refractivity contribution in [1.82, 2.24) is 4.98 Å². The Kier molecular flexibility index (Phi) is 2.19. The van der Waals surface area contributed by atoms with Gasteiger partial charge in [-0.15, -0.1) is 0 Å².